The predicted octanol–water partition coefficient (Wildman–Crippen LogP) is 0.344. The smallest absolute Gasteiger partial charge is 0.0624 e. The molecule has 0 aliphatic carbocycles. The first-order chi connectivity index (χ1) is 3.56. The molecule has 1 radical (unpaired) electrons. The molecule has 0 fully saturated rings. The van der Waals surface area contributed by atoms with Crippen molar-refractivity contribution in [1.82, 2.24) is 0 Å². The number of aliphatic hydroxyl groups is 2. The van der Waals surface area contributed by atoms with Crippen molar-refractivity contribution in [1.29, 1.82) is 0 Å². The molecular formula is C6H13O2. The van der Waals surface area contributed by atoms with Crippen LogP contribution in [-0.2, 0) is 0 Å². The maximum atomic E-state index is 8.98. The third-order valence-electron chi connectivity index (χ3n) is 0.773. The predicted molar refractivity (Wildman–Crippen MR) is 32.3 cm³/mol. The van der Waals surface area contributed by atoms with Crippen LogP contribution in [-0.4, -0.2) is 22.4 Å². The van der Waals surface area contributed by atoms with Gasteiger partial charge >= 0.3 is 0 Å². The highest BCUT2D eigenvalue weighted by molar-refractivity contribution is 4.83. The lowest BCUT2D eigenvalue weighted by atomic mass is 10.0. The van der Waals surface area contributed by atoms with Gasteiger partial charge in [-0.3, -0.25) is 0 Å². The Hall–Kier alpha value is -0.0800. The van der Waals surface area contributed by atoms with Crippen LogP contribution >= 0.6 is 0 Å². The van der Waals surface area contributed by atoms with E-state index in [1.54, 1.807) is 20.3 Å². The molecule has 0 heterocycles. The molecule has 0 aromatic rings. The fourth-order valence-corrected chi connectivity index (χ4v) is 0.418. The molecule has 0 aliphatic rings. The highest BCUT2D eigenvalue weighted by Gasteiger charge is 2.10. The van der Waals surface area contributed by atoms with Crippen LogP contribution in [0.15, 0.2) is 0 Å². The second-order valence-electron chi connectivity index (χ2n) is 2.37. The Kier molecular flexibility index (Phi) is 3.02. The lowest BCUT2D eigenvalue weighted by Crippen LogP contribution is -2.19. The van der Waals surface area contributed by atoms with Crippen LogP contribution in [0.5, 0.6) is 0 Å². The first kappa shape index (κ1) is 7.92. The molecule has 2 heteroatoms. The van der Waals surface area contributed by atoms with Gasteiger partial charge in [-0.25, -0.2) is 0 Å². The van der Waals surface area contributed by atoms with Crippen molar-refractivity contribution in [3.8, 4) is 0 Å². The first-order valence-electron chi connectivity index (χ1n) is 2.74. The lowest BCUT2D eigenvalue weighted by Gasteiger charge is -2.14. The molecule has 0 rings (SSSR count). The van der Waals surface area contributed by atoms with Gasteiger partial charge in [0, 0.05) is 6.61 Å². The fraction of sp³-hybridized carbons (Fsp3) is 0.833. The van der Waals surface area contributed by atoms with Gasteiger partial charge in [-0.1, -0.05) is 0 Å². The molecule has 0 aromatic carbocycles. The SMILES string of the molecule is CC(C)(O)[CH]CCO. The molecule has 0 bridgehead atoms. The number of hydrogen-bond donors (Lipinski definition) is 2. The van der Waals surface area contributed by atoms with Crippen molar-refractivity contribution >= 4 is 0 Å². The third-order valence-corrected chi connectivity index (χ3v) is 0.773. The Labute approximate surface area is 50.2 Å². The fourth-order valence-electron chi connectivity index (χ4n) is 0.418. The Morgan fingerprint density at radius 1 is 1.50 bits per heavy atom. The third kappa shape index (κ3) is 5.92. The minimum absolute atomic E-state index is 0.115. The van der Waals surface area contributed by atoms with Crippen LogP contribution in [0.1, 0.15) is 20.3 Å². The van der Waals surface area contributed by atoms with Crippen LogP contribution in [0.3, 0.4) is 0 Å². The zero-order valence-electron chi connectivity index (χ0n) is 5.39. The molecule has 49 valence electrons. The monoisotopic (exact) mass is 117 g/mol. The van der Waals surface area contributed by atoms with Gasteiger partial charge in [-0.05, 0) is 26.7 Å². The summed E-state index contributed by atoms with van der Waals surface area (Å²) in [5, 5.41) is 17.3. The van der Waals surface area contributed by atoms with Gasteiger partial charge in [0.2, 0.25) is 0 Å². The molecule has 0 saturated carbocycles. The maximum Gasteiger partial charge on any atom is 0.0624 e. The standard InChI is InChI=1S/C6H13O2/c1-6(2,8)4-3-5-7/h4,7-8H,3,5H2,1-2H3. The number of rotatable bonds is 3. The maximum absolute atomic E-state index is 8.98. The van der Waals surface area contributed by atoms with Gasteiger partial charge in [0.15, 0.2) is 0 Å². The van der Waals surface area contributed by atoms with Crippen molar-refractivity contribution in [3.05, 3.63) is 6.42 Å². The second-order valence-corrected chi connectivity index (χ2v) is 2.37. The minimum Gasteiger partial charge on any atom is -0.396 e. The summed E-state index contributed by atoms with van der Waals surface area (Å²) in [5.41, 5.74) is -0.733. The van der Waals surface area contributed by atoms with E-state index < -0.39 is 5.60 Å². The molecule has 0 aromatic heterocycles. The molecule has 0 atom stereocenters. The van der Waals surface area contributed by atoms with Crippen LogP contribution in [0, 0.1) is 6.42 Å². The van der Waals surface area contributed by atoms with E-state index in [-0.39, 0.29) is 6.61 Å². The van der Waals surface area contributed by atoms with Crippen LogP contribution in [0.25, 0.3) is 0 Å². The zero-order chi connectivity index (χ0) is 6.62. The van der Waals surface area contributed by atoms with E-state index in [2.05, 4.69) is 0 Å². The molecule has 0 amide bonds. The molecule has 2 N–H and O–H groups in total. The highest BCUT2D eigenvalue weighted by Crippen LogP contribution is 2.07. The van der Waals surface area contributed by atoms with E-state index in [9.17, 15) is 0 Å². The first-order valence-corrected chi connectivity index (χ1v) is 2.74. The molecule has 0 spiro atoms. The largest absolute Gasteiger partial charge is 0.396 e. The van der Waals surface area contributed by atoms with Crippen molar-refractivity contribution < 1.29 is 10.2 Å². The summed E-state index contributed by atoms with van der Waals surface area (Å²) < 4.78 is 0. The number of hydrogen-bond acceptors (Lipinski definition) is 2. The average Bonchev–Trinajstić information content (AvgIpc) is 1.59. The summed E-state index contributed by atoms with van der Waals surface area (Å²) in [7, 11) is 0. The molecule has 2 nitrogen and oxygen atoms in total. The van der Waals surface area contributed by atoms with Gasteiger partial charge in [0.25, 0.3) is 0 Å². The quantitative estimate of drug-likeness (QED) is 0.559. The van der Waals surface area contributed by atoms with E-state index in [0.717, 1.165) is 0 Å². The topological polar surface area (TPSA) is 40.5 Å². The van der Waals surface area contributed by atoms with Gasteiger partial charge in [-0.15, -0.1) is 0 Å². The van der Waals surface area contributed by atoms with E-state index in [1.165, 1.54) is 0 Å². The van der Waals surface area contributed by atoms with Gasteiger partial charge in [0.05, 0.1) is 5.60 Å². The van der Waals surface area contributed by atoms with Crippen LogP contribution in [0.2, 0.25) is 0 Å². The van der Waals surface area contributed by atoms with Crippen molar-refractivity contribution in [3.63, 3.8) is 0 Å². The van der Waals surface area contributed by atoms with E-state index in [4.69, 9.17) is 10.2 Å². The molecule has 0 saturated heterocycles. The molecule has 0 aliphatic heterocycles. The Morgan fingerprint density at radius 2 is 2.00 bits per heavy atom. The van der Waals surface area contributed by atoms with Crippen molar-refractivity contribution in [2.45, 2.75) is 25.9 Å². The van der Waals surface area contributed by atoms with E-state index in [0.29, 0.717) is 6.42 Å². The van der Waals surface area contributed by atoms with Crippen molar-refractivity contribution in [2.24, 2.45) is 0 Å². The summed E-state index contributed by atoms with van der Waals surface area (Å²) in [4.78, 5) is 0. The van der Waals surface area contributed by atoms with Crippen LogP contribution in [0.4, 0.5) is 0 Å². The Morgan fingerprint density at radius 3 is 2.12 bits per heavy atom. The lowest BCUT2D eigenvalue weighted by molar-refractivity contribution is 0.107. The van der Waals surface area contributed by atoms with Gasteiger partial charge < -0.3 is 10.2 Å². The van der Waals surface area contributed by atoms with E-state index >= 15 is 0 Å². The summed E-state index contributed by atoms with van der Waals surface area (Å²) in [5.74, 6) is 0. The summed E-state index contributed by atoms with van der Waals surface area (Å²) in [6.07, 6.45) is 2.23. The average molecular weight is 117 g/mol. The highest BCUT2D eigenvalue weighted by atomic mass is 16.3. The van der Waals surface area contributed by atoms with Gasteiger partial charge in [-0.2, -0.15) is 0 Å². The van der Waals surface area contributed by atoms with E-state index in [1.807, 2.05) is 0 Å². The van der Waals surface area contributed by atoms with Crippen molar-refractivity contribution in [2.75, 3.05) is 6.61 Å². The summed E-state index contributed by atoms with van der Waals surface area (Å²) in [6, 6.07) is 0. The van der Waals surface area contributed by atoms with Crippen LogP contribution < -0.4 is 0 Å². The molecular weight excluding hydrogens is 104 g/mol. The molecule has 8 heavy (non-hydrogen) atoms. The summed E-state index contributed by atoms with van der Waals surface area (Å²) in [6.45, 7) is 3.48. The van der Waals surface area contributed by atoms with Gasteiger partial charge in [0.1, 0.15) is 0 Å². The molecule has 0 unspecified atom stereocenters. The normalized spacial score (nSPS) is 12.0. The second kappa shape index (κ2) is 3.05. The Bertz CT molecular complexity index is 54.0. The zero-order valence-corrected chi connectivity index (χ0v) is 5.39. The summed E-state index contributed by atoms with van der Waals surface area (Å²) >= 11 is 0. The Balaban J connectivity index is 3.11. The number of aliphatic hydroxyl groups excluding tert-OH is 1. The minimum atomic E-state index is -0.733.